The van der Waals surface area contributed by atoms with Crippen LogP contribution in [0.15, 0.2) is 30.4 Å². The number of carbonyl (C=O) groups is 3. The summed E-state index contributed by atoms with van der Waals surface area (Å²) in [4.78, 5) is 36.8. The lowest BCUT2D eigenvalue weighted by atomic mass is 10.0. The van der Waals surface area contributed by atoms with Crippen LogP contribution in [0.1, 0.15) is 13.3 Å². The molecule has 0 saturated carbocycles. The summed E-state index contributed by atoms with van der Waals surface area (Å²) in [5.74, 6) is -2.80. The van der Waals surface area contributed by atoms with Gasteiger partial charge in [-0.2, -0.15) is 0 Å². The lowest BCUT2D eigenvalue weighted by molar-refractivity contribution is -0.140. The topological polar surface area (TPSA) is 95.9 Å². The van der Waals surface area contributed by atoms with Gasteiger partial charge in [-0.15, -0.1) is 0 Å². The van der Waals surface area contributed by atoms with E-state index in [1.54, 1.807) is 6.08 Å². The molecule has 0 bridgehead atoms. The Morgan fingerprint density at radius 2 is 2.12 bits per heavy atom. The SMILES string of the molecule is CC1(C(=O)N[C@H]2C=C[C@@H](C(=O)O)C2)CN(c2cc(F)cc(Cl)c2)C(=O)O1. The summed E-state index contributed by atoms with van der Waals surface area (Å²) < 4.78 is 18.7. The van der Waals surface area contributed by atoms with Crippen molar-refractivity contribution in [1.29, 1.82) is 0 Å². The molecule has 1 aliphatic carbocycles. The van der Waals surface area contributed by atoms with Crippen LogP contribution in [0.3, 0.4) is 0 Å². The third-order valence-corrected chi connectivity index (χ3v) is 4.57. The first-order valence-electron chi connectivity index (χ1n) is 7.87. The van der Waals surface area contributed by atoms with Crippen LogP contribution in [0, 0.1) is 11.7 Å². The molecule has 138 valence electrons. The molecule has 2 aliphatic rings. The largest absolute Gasteiger partial charge is 0.481 e. The molecule has 0 radical (unpaired) electrons. The molecular weight excluding hydrogens is 367 g/mol. The number of hydrogen-bond acceptors (Lipinski definition) is 4. The van der Waals surface area contributed by atoms with E-state index < -0.39 is 41.3 Å². The van der Waals surface area contributed by atoms with Crippen molar-refractivity contribution in [3.05, 3.63) is 41.2 Å². The van der Waals surface area contributed by atoms with Crippen LogP contribution in [0.25, 0.3) is 0 Å². The number of nitrogens with one attached hydrogen (secondary N) is 1. The van der Waals surface area contributed by atoms with Crippen molar-refractivity contribution in [3.63, 3.8) is 0 Å². The lowest BCUT2D eigenvalue weighted by Crippen LogP contribution is -2.50. The van der Waals surface area contributed by atoms with Gasteiger partial charge >= 0.3 is 12.1 Å². The van der Waals surface area contributed by atoms with Gasteiger partial charge in [0, 0.05) is 11.1 Å². The standard InChI is InChI=1S/C17H16ClFN2O5/c1-17(15(24)20-12-3-2-9(4-12)14(22)23)8-21(16(25)26-17)13-6-10(18)5-11(19)7-13/h2-3,5-7,9,12H,4,8H2,1H3,(H,20,24)(H,22,23)/t9-,12+,17?/m1/s1. The second kappa shape index (κ2) is 6.60. The minimum absolute atomic E-state index is 0.113. The van der Waals surface area contributed by atoms with E-state index in [0.717, 1.165) is 17.0 Å². The zero-order valence-corrected chi connectivity index (χ0v) is 14.5. The Labute approximate surface area is 153 Å². The molecule has 1 saturated heterocycles. The van der Waals surface area contributed by atoms with E-state index in [1.807, 2.05) is 0 Å². The first-order valence-corrected chi connectivity index (χ1v) is 8.24. The molecule has 7 nitrogen and oxygen atoms in total. The predicted octanol–water partition coefficient (Wildman–Crippen LogP) is 2.34. The van der Waals surface area contributed by atoms with Crippen LogP contribution < -0.4 is 10.2 Å². The van der Waals surface area contributed by atoms with Gasteiger partial charge < -0.3 is 15.2 Å². The zero-order chi connectivity index (χ0) is 19.1. The molecule has 1 fully saturated rings. The maximum atomic E-state index is 13.5. The highest BCUT2D eigenvalue weighted by Gasteiger charge is 2.48. The van der Waals surface area contributed by atoms with Crippen LogP contribution in [-0.2, 0) is 14.3 Å². The molecular formula is C17H16ClFN2O5. The summed E-state index contributed by atoms with van der Waals surface area (Å²) in [7, 11) is 0. The molecule has 2 amide bonds. The summed E-state index contributed by atoms with van der Waals surface area (Å²) in [5.41, 5.74) is -1.31. The zero-order valence-electron chi connectivity index (χ0n) is 13.7. The van der Waals surface area contributed by atoms with Crippen LogP contribution in [0.4, 0.5) is 14.9 Å². The van der Waals surface area contributed by atoms with Gasteiger partial charge in [0.2, 0.25) is 5.60 Å². The van der Waals surface area contributed by atoms with Crippen LogP contribution >= 0.6 is 11.6 Å². The number of nitrogens with zero attached hydrogens (tertiary/aromatic N) is 1. The average Bonchev–Trinajstić information content (AvgIpc) is 3.11. The van der Waals surface area contributed by atoms with Crippen molar-refractivity contribution in [3.8, 4) is 0 Å². The van der Waals surface area contributed by atoms with Crippen molar-refractivity contribution < 1.29 is 28.6 Å². The molecule has 2 N–H and O–H groups in total. The fraction of sp³-hybridized carbons (Fsp3) is 0.353. The van der Waals surface area contributed by atoms with E-state index in [2.05, 4.69) is 5.32 Å². The molecule has 3 atom stereocenters. The number of rotatable bonds is 4. The van der Waals surface area contributed by atoms with E-state index in [4.69, 9.17) is 21.4 Å². The number of aliphatic carboxylic acids is 1. The summed E-state index contributed by atoms with van der Waals surface area (Å²) in [6.45, 7) is 1.31. The second-order valence-corrected chi connectivity index (χ2v) is 6.89. The molecule has 1 unspecified atom stereocenters. The summed E-state index contributed by atoms with van der Waals surface area (Å²) >= 11 is 5.81. The molecule has 26 heavy (non-hydrogen) atoms. The Bertz CT molecular complexity index is 794. The Hall–Kier alpha value is -2.61. The predicted molar refractivity (Wildman–Crippen MR) is 90.5 cm³/mol. The van der Waals surface area contributed by atoms with Crippen LogP contribution in [-0.4, -0.2) is 41.3 Å². The number of amides is 2. The molecule has 9 heteroatoms. The Morgan fingerprint density at radius 3 is 2.73 bits per heavy atom. The van der Waals surface area contributed by atoms with E-state index in [9.17, 15) is 18.8 Å². The fourth-order valence-corrected chi connectivity index (χ4v) is 3.18. The molecule has 3 rings (SSSR count). The number of benzene rings is 1. The second-order valence-electron chi connectivity index (χ2n) is 6.46. The van der Waals surface area contributed by atoms with Crippen molar-refractivity contribution in [1.82, 2.24) is 5.32 Å². The van der Waals surface area contributed by atoms with Gasteiger partial charge in [-0.05, 0) is 31.5 Å². The normalized spacial score (nSPS) is 27.5. The molecule has 1 aromatic rings. The monoisotopic (exact) mass is 382 g/mol. The van der Waals surface area contributed by atoms with Crippen molar-refractivity contribution in [2.45, 2.75) is 25.0 Å². The average molecular weight is 383 g/mol. The number of ether oxygens (including phenoxy) is 1. The van der Waals surface area contributed by atoms with E-state index in [-0.39, 0.29) is 23.7 Å². The van der Waals surface area contributed by atoms with E-state index in [1.165, 1.54) is 19.1 Å². The van der Waals surface area contributed by atoms with Gasteiger partial charge in [-0.1, -0.05) is 23.8 Å². The van der Waals surface area contributed by atoms with Crippen LogP contribution in [0.2, 0.25) is 5.02 Å². The number of carboxylic acids is 1. The van der Waals surface area contributed by atoms with E-state index >= 15 is 0 Å². The summed E-state index contributed by atoms with van der Waals surface area (Å²) in [6, 6.07) is 3.15. The van der Waals surface area contributed by atoms with Crippen molar-refractivity contribution in [2.24, 2.45) is 5.92 Å². The van der Waals surface area contributed by atoms with Gasteiger partial charge in [0.15, 0.2) is 0 Å². The Morgan fingerprint density at radius 1 is 1.38 bits per heavy atom. The molecule has 1 aliphatic heterocycles. The third kappa shape index (κ3) is 3.50. The summed E-state index contributed by atoms with van der Waals surface area (Å²) in [6.07, 6.45) is 2.54. The molecule has 1 heterocycles. The maximum absolute atomic E-state index is 13.5. The smallest absolute Gasteiger partial charge is 0.415 e. The molecule has 1 aromatic carbocycles. The molecule has 0 aromatic heterocycles. The number of carboxylic acid groups (broad SMARTS) is 1. The van der Waals surface area contributed by atoms with Gasteiger partial charge in [0.05, 0.1) is 18.2 Å². The van der Waals surface area contributed by atoms with Crippen LogP contribution in [0.5, 0.6) is 0 Å². The number of hydrogen-bond donors (Lipinski definition) is 2. The summed E-state index contributed by atoms with van der Waals surface area (Å²) in [5, 5.41) is 11.8. The van der Waals surface area contributed by atoms with E-state index in [0.29, 0.717) is 0 Å². The highest BCUT2D eigenvalue weighted by atomic mass is 35.5. The third-order valence-electron chi connectivity index (χ3n) is 4.35. The Balaban J connectivity index is 1.71. The number of carbonyl (C=O) groups excluding carboxylic acids is 2. The minimum atomic E-state index is -1.50. The quantitative estimate of drug-likeness (QED) is 0.779. The lowest BCUT2D eigenvalue weighted by Gasteiger charge is -2.23. The fourth-order valence-electron chi connectivity index (χ4n) is 2.97. The van der Waals surface area contributed by atoms with Gasteiger partial charge in [-0.25, -0.2) is 9.18 Å². The number of anilines is 1. The highest BCUT2D eigenvalue weighted by Crippen LogP contribution is 2.31. The minimum Gasteiger partial charge on any atom is -0.481 e. The van der Waals surface area contributed by atoms with Gasteiger partial charge in [0.25, 0.3) is 5.91 Å². The number of halogens is 2. The van der Waals surface area contributed by atoms with Crippen molar-refractivity contribution >= 4 is 35.3 Å². The maximum Gasteiger partial charge on any atom is 0.415 e. The molecule has 0 spiro atoms. The first-order chi connectivity index (χ1) is 12.2. The Kier molecular flexibility index (Phi) is 4.62. The highest BCUT2D eigenvalue weighted by molar-refractivity contribution is 6.31. The number of cyclic esters (lactones) is 1. The van der Waals surface area contributed by atoms with Gasteiger partial charge in [0.1, 0.15) is 5.82 Å². The van der Waals surface area contributed by atoms with Crippen molar-refractivity contribution in [2.75, 3.05) is 11.4 Å². The first kappa shape index (κ1) is 18.2. The van der Waals surface area contributed by atoms with Gasteiger partial charge in [-0.3, -0.25) is 14.5 Å².